The second-order valence-corrected chi connectivity index (χ2v) is 6.69. The minimum atomic E-state index is -8.54. The minimum absolute atomic E-state index is 0.366. The van der Waals surface area contributed by atoms with Crippen molar-refractivity contribution in [2.45, 2.75) is 54.8 Å². The second kappa shape index (κ2) is 8.35. The van der Waals surface area contributed by atoms with E-state index in [4.69, 9.17) is 0 Å². The van der Waals surface area contributed by atoms with Gasteiger partial charge < -0.3 is 5.32 Å². The molecule has 0 aliphatic heterocycles. The zero-order valence-corrected chi connectivity index (χ0v) is 15.8. The van der Waals surface area contributed by atoms with E-state index in [-0.39, 0.29) is 0 Å². The molecule has 1 aromatic rings. The van der Waals surface area contributed by atoms with Crippen LogP contribution < -0.4 is 5.32 Å². The summed E-state index contributed by atoms with van der Waals surface area (Å²) in [6.07, 6.45) is -5.92. The highest BCUT2D eigenvalue weighted by atomic mass is 19.4. The number of halogens is 16. The molecule has 18 heteroatoms. The molecule has 1 amide bonds. The molecule has 1 rings (SSSR count). The lowest BCUT2D eigenvalue weighted by atomic mass is 9.89. The van der Waals surface area contributed by atoms with Crippen LogP contribution in [0.3, 0.4) is 0 Å². The number of nitrogens with one attached hydrogen (secondary N) is 1. The summed E-state index contributed by atoms with van der Waals surface area (Å²) < 4.78 is 212. The molecule has 0 bridgehead atoms. The van der Waals surface area contributed by atoms with Crippen LogP contribution in [-0.2, 0) is 4.79 Å². The molecular weight excluding hydrogens is 526 g/mol. The number of benzene rings is 1. The van der Waals surface area contributed by atoms with Crippen LogP contribution in [0.1, 0.15) is 5.56 Å². The van der Waals surface area contributed by atoms with Gasteiger partial charge in [0, 0.05) is 5.69 Å². The SMILES string of the molecule is Cc1ccc(NC(=O)C(F)(F)C(F)(F)C(F)(F)C(F)(F)C(F)(F)C(F)(F)C(F)(F)C(F)F)cc1. The maximum absolute atomic E-state index is 13.8. The predicted molar refractivity (Wildman–Crippen MR) is 80.4 cm³/mol. The third-order valence-electron chi connectivity index (χ3n) is 4.26. The van der Waals surface area contributed by atoms with Gasteiger partial charge in [-0.2, -0.15) is 61.5 Å². The van der Waals surface area contributed by atoms with Gasteiger partial charge in [-0.15, -0.1) is 0 Å². The molecule has 0 aliphatic rings. The van der Waals surface area contributed by atoms with Crippen LogP contribution in [0, 0.1) is 6.92 Å². The fourth-order valence-electron chi connectivity index (χ4n) is 2.12. The zero-order valence-electron chi connectivity index (χ0n) is 15.8. The van der Waals surface area contributed by atoms with Crippen LogP contribution in [0.15, 0.2) is 24.3 Å². The Morgan fingerprint density at radius 2 is 1.00 bits per heavy atom. The monoisotopic (exact) mass is 535 g/mol. The molecule has 0 fully saturated rings. The van der Waals surface area contributed by atoms with Crippen molar-refractivity contribution in [1.82, 2.24) is 0 Å². The molecule has 34 heavy (non-hydrogen) atoms. The standard InChI is InChI=1S/C16H9F16NO/c1-6-2-4-7(5-3-6)33-9(34)11(21,22)13(25,26)15(29,30)16(31,32)14(27,28)12(23,24)10(19,20)8(17)18/h2-5,8H,1H3,(H,33,34). The average Bonchev–Trinajstić information content (AvgIpc) is 2.68. The Labute approximate surface area is 177 Å². The largest absolute Gasteiger partial charge is 0.393 e. The Balaban J connectivity index is 3.52. The molecule has 0 spiro atoms. The van der Waals surface area contributed by atoms with Gasteiger partial charge >= 0.3 is 53.8 Å². The zero-order chi connectivity index (χ0) is 27.3. The summed E-state index contributed by atoms with van der Waals surface area (Å²) in [4.78, 5) is 11.4. The number of rotatable bonds is 9. The quantitative estimate of drug-likeness (QED) is 0.353. The highest BCUT2D eigenvalue weighted by Crippen LogP contribution is 2.62. The van der Waals surface area contributed by atoms with E-state index in [1.165, 1.54) is 6.92 Å². The number of amides is 1. The van der Waals surface area contributed by atoms with E-state index in [1.807, 2.05) is 0 Å². The van der Waals surface area contributed by atoms with E-state index in [0.717, 1.165) is 17.4 Å². The van der Waals surface area contributed by atoms with Crippen LogP contribution in [0.2, 0.25) is 0 Å². The van der Waals surface area contributed by atoms with Crippen molar-refractivity contribution in [1.29, 1.82) is 0 Å². The van der Waals surface area contributed by atoms with Crippen molar-refractivity contribution in [2.24, 2.45) is 0 Å². The number of anilines is 1. The van der Waals surface area contributed by atoms with E-state index in [1.54, 1.807) is 0 Å². The van der Waals surface area contributed by atoms with Crippen LogP contribution in [-0.4, -0.2) is 53.8 Å². The van der Waals surface area contributed by atoms with Gasteiger partial charge in [-0.25, -0.2) is 8.78 Å². The third kappa shape index (κ3) is 4.01. The first-order valence-electron chi connectivity index (χ1n) is 8.15. The van der Waals surface area contributed by atoms with Gasteiger partial charge in [0.05, 0.1) is 0 Å². The first kappa shape index (κ1) is 29.6. The lowest BCUT2D eigenvalue weighted by Crippen LogP contribution is -2.74. The molecule has 0 saturated heterocycles. The Hall–Kier alpha value is -2.43. The number of hydrogen-bond donors (Lipinski definition) is 1. The van der Waals surface area contributed by atoms with Gasteiger partial charge in [-0.3, -0.25) is 4.79 Å². The van der Waals surface area contributed by atoms with Crippen molar-refractivity contribution < 1.29 is 75.0 Å². The first-order chi connectivity index (χ1) is 14.8. The number of alkyl halides is 16. The molecule has 1 aromatic carbocycles. The van der Waals surface area contributed by atoms with E-state index in [0.29, 0.717) is 17.7 Å². The first-order valence-corrected chi connectivity index (χ1v) is 8.15. The van der Waals surface area contributed by atoms with E-state index in [2.05, 4.69) is 0 Å². The molecule has 0 aliphatic carbocycles. The summed E-state index contributed by atoms with van der Waals surface area (Å²) in [6.45, 7) is 1.38. The molecule has 0 radical (unpaired) electrons. The Kier molecular flexibility index (Phi) is 7.27. The molecule has 0 aromatic heterocycles. The summed E-state index contributed by atoms with van der Waals surface area (Å²) in [5.41, 5.74) is -0.473. The minimum Gasteiger partial charge on any atom is -0.321 e. The summed E-state index contributed by atoms with van der Waals surface area (Å²) in [6, 6.07) is 3.46. The summed E-state index contributed by atoms with van der Waals surface area (Å²) in [5, 5.41) is 0.845. The average molecular weight is 535 g/mol. The molecule has 0 unspecified atom stereocenters. The molecule has 0 saturated carbocycles. The lowest BCUT2D eigenvalue weighted by Gasteiger charge is -2.42. The van der Waals surface area contributed by atoms with E-state index in [9.17, 15) is 75.0 Å². The highest BCUT2D eigenvalue weighted by Gasteiger charge is 2.94. The fourth-order valence-corrected chi connectivity index (χ4v) is 2.12. The van der Waals surface area contributed by atoms with Crippen molar-refractivity contribution in [3.8, 4) is 0 Å². The fraction of sp³-hybridized carbons (Fsp3) is 0.562. The Morgan fingerprint density at radius 3 is 1.38 bits per heavy atom. The molecule has 0 heterocycles. The number of carbonyl (C=O) groups is 1. The number of carbonyl (C=O) groups excluding carboxylic acids is 1. The van der Waals surface area contributed by atoms with Crippen molar-refractivity contribution in [3.05, 3.63) is 29.8 Å². The van der Waals surface area contributed by atoms with Crippen molar-refractivity contribution in [3.63, 3.8) is 0 Å². The maximum atomic E-state index is 13.8. The smallest absolute Gasteiger partial charge is 0.321 e. The number of aryl methyl sites for hydroxylation is 1. The Morgan fingerprint density at radius 1 is 0.647 bits per heavy atom. The molecule has 1 N–H and O–H groups in total. The van der Waals surface area contributed by atoms with E-state index < -0.39 is 59.5 Å². The number of hydrogen-bond acceptors (Lipinski definition) is 1. The summed E-state index contributed by atoms with van der Waals surface area (Å²) >= 11 is 0. The van der Waals surface area contributed by atoms with Crippen molar-refractivity contribution >= 4 is 11.6 Å². The topological polar surface area (TPSA) is 29.1 Å². The van der Waals surface area contributed by atoms with Crippen LogP contribution in [0.25, 0.3) is 0 Å². The van der Waals surface area contributed by atoms with Crippen molar-refractivity contribution in [2.75, 3.05) is 5.32 Å². The van der Waals surface area contributed by atoms with E-state index >= 15 is 0 Å². The van der Waals surface area contributed by atoms with Gasteiger partial charge in [0.1, 0.15) is 0 Å². The van der Waals surface area contributed by atoms with Crippen LogP contribution >= 0.6 is 0 Å². The lowest BCUT2D eigenvalue weighted by molar-refractivity contribution is -0.443. The highest BCUT2D eigenvalue weighted by molar-refractivity contribution is 5.97. The van der Waals surface area contributed by atoms with Crippen LogP contribution in [0.5, 0.6) is 0 Å². The third-order valence-corrected chi connectivity index (χ3v) is 4.26. The predicted octanol–water partition coefficient (Wildman–Crippen LogP) is 6.65. The van der Waals surface area contributed by atoms with Gasteiger partial charge in [0.25, 0.3) is 0 Å². The van der Waals surface area contributed by atoms with Gasteiger partial charge in [-0.1, -0.05) is 17.7 Å². The molecule has 2 nitrogen and oxygen atoms in total. The maximum Gasteiger partial charge on any atom is 0.393 e. The Bertz CT molecular complexity index is 893. The van der Waals surface area contributed by atoms with Gasteiger partial charge in [0.2, 0.25) is 0 Å². The normalized spacial score (nSPS) is 15.0. The molecule has 0 atom stereocenters. The van der Waals surface area contributed by atoms with Gasteiger partial charge in [0.15, 0.2) is 0 Å². The van der Waals surface area contributed by atoms with Crippen LogP contribution in [0.4, 0.5) is 75.9 Å². The molecule has 196 valence electrons. The summed E-state index contributed by atoms with van der Waals surface area (Å²) in [5.74, 6) is -59.6. The van der Waals surface area contributed by atoms with Gasteiger partial charge in [-0.05, 0) is 19.1 Å². The molecular formula is C16H9F16NO. The summed E-state index contributed by atoms with van der Waals surface area (Å²) in [7, 11) is 0. The second-order valence-electron chi connectivity index (χ2n) is 6.69.